The predicted molar refractivity (Wildman–Crippen MR) is 51.1 cm³/mol. The Labute approximate surface area is 111 Å². The van der Waals surface area contributed by atoms with E-state index in [-0.39, 0.29) is 35.3 Å². The Morgan fingerprint density at radius 1 is 1.40 bits per heavy atom. The summed E-state index contributed by atoms with van der Waals surface area (Å²) in [4.78, 5) is 11.2. The number of allylic oxidation sites excluding steroid dienone is 1. The molecule has 0 fully saturated rings. The minimum absolute atomic E-state index is 0. The second kappa shape index (κ2) is 7.51. The normalized spacial score (nSPS) is 9.67. The fourth-order valence-electron chi connectivity index (χ4n) is 1.04. The fourth-order valence-corrected chi connectivity index (χ4v) is 1.04. The van der Waals surface area contributed by atoms with Gasteiger partial charge in [0.15, 0.2) is 5.78 Å². The molecule has 0 radical (unpaired) electrons. The van der Waals surface area contributed by atoms with Crippen LogP contribution in [0.15, 0.2) is 36.6 Å². The van der Waals surface area contributed by atoms with Crippen LogP contribution in [-0.2, 0) is 0 Å². The van der Waals surface area contributed by atoms with Gasteiger partial charge in [-0.1, -0.05) is 0 Å². The molecule has 0 heterocycles. The third-order valence-corrected chi connectivity index (χ3v) is 1.67. The Hall–Kier alpha value is -0.770. The molecule has 0 spiro atoms. The largest absolute Gasteiger partial charge is 1.00 e. The van der Waals surface area contributed by atoms with Crippen molar-refractivity contribution in [2.75, 3.05) is 6.61 Å². The van der Waals surface area contributed by atoms with Gasteiger partial charge in [0.1, 0.15) is 5.75 Å². The van der Waals surface area contributed by atoms with Crippen molar-refractivity contribution in [3.8, 4) is 5.75 Å². The van der Waals surface area contributed by atoms with E-state index in [2.05, 4.69) is 0 Å². The van der Waals surface area contributed by atoms with Crippen molar-refractivity contribution in [2.45, 2.75) is 6.92 Å². The molecule has 0 atom stereocenters. The number of hydrogen-bond donors (Lipinski definition) is 0. The first-order valence-corrected chi connectivity index (χ1v) is 4.33. The summed E-state index contributed by atoms with van der Waals surface area (Å²) in [7, 11) is 0. The first-order chi connectivity index (χ1) is 6.77. The van der Waals surface area contributed by atoms with E-state index in [4.69, 9.17) is 4.74 Å². The van der Waals surface area contributed by atoms with E-state index in [1.807, 2.05) is 6.92 Å². The van der Waals surface area contributed by atoms with Crippen molar-refractivity contribution in [3.05, 3.63) is 42.2 Å². The van der Waals surface area contributed by atoms with E-state index in [0.29, 0.717) is 18.4 Å². The van der Waals surface area contributed by atoms with Crippen LogP contribution in [0.4, 0.5) is 0 Å². The number of benzene rings is 1. The van der Waals surface area contributed by atoms with Gasteiger partial charge in [-0.25, -0.2) is 0 Å². The minimum atomic E-state index is -0.289. The molecule has 0 aliphatic rings. The average Bonchev–Trinajstić information content (AvgIpc) is 2.20. The summed E-state index contributed by atoms with van der Waals surface area (Å²) in [6.07, 6.45) is 1.48. The number of ketones is 1. The van der Waals surface area contributed by atoms with E-state index in [9.17, 15) is 9.90 Å². The molecule has 0 aromatic heterocycles. The van der Waals surface area contributed by atoms with E-state index in [1.165, 1.54) is 0 Å². The second-order valence-corrected chi connectivity index (χ2v) is 2.62. The van der Waals surface area contributed by atoms with Gasteiger partial charge in [-0.2, -0.15) is 0 Å². The van der Waals surface area contributed by atoms with Crippen LogP contribution in [-0.4, -0.2) is 12.4 Å². The fraction of sp³-hybridized carbons (Fsp3) is 0.182. The molecule has 3 nitrogen and oxygen atoms in total. The number of carbonyl (C=O) groups excluding carboxylic acids is 1. The monoisotopic (exact) mass is 214 g/mol. The van der Waals surface area contributed by atoms with Gasteiger partial charge in [-0.05, 0) is 37.3 Å². The number of rotatable bonds is 4. The standard InChI is InChI=1S/C11H12O3.Na/c1-2-14-10-5-3-9(4-6-10)11(13)7-8-12;/h3-8,12H,2H2,1H3;/q;+1/p-1. The zero-order valence-electron chi connectivity index (χ0n) is 8.90. The SMILES string of the molecule is CCOc1ccc(C(=O)C=C[O-])cc1.[Na+]. The molecular weight excluding hydrogens is 203 g/mol. The van der Waals surface area contributed by atoms with E-state index < -0.39 is 0 Å². The number of ether oxygens (including phenoxy) is 1. The molecule has 0 saturated heterocycles. The van der Waals surface area contributed by atoms with Crippen molar-refractivity contribution >= 4 is 5.78 Å². The molecular formula is C11H11NaO3. The first-order valence-electron chi connectivity index (χ1n) is 4.33. The minimum Gasteiger partial charge on any atom is -0.878 e. The zero-order valence-corrected chi connectivity index (χ0v) is 10.9. The van der Waals surface area contributed by atoms with Gasteiger partial charge in [0.25, 0.3) is 0 Å². The van der Waals surface area contributed by atoms with Crippen LogP contribution in [0.3, 0.4) is 0 Å². The molecule has 0 unspecified atom stereocenters. The van der Waals surface area contributed by atoms with Crippen LogP contribution < -0.4 is 39.4 Å². The first kappa shape index (κ1) is 14.2. The van der Waals surface area contributed by atoms with Crippen molar-refractivity contribution in [3.63, 3.8) is 0 Å². The van der Waals surface area contributed by atoms with Gasteiger partial charge in [0, 0.05) is 5.56 Å². The molecule has 0 amide bonds. The van der Waals surface area contributed by atoms with Gasteiger partial charge in [0.05, 0.1) is 6.61 Å². The summed E-state index contributed by atoms with van der Waals surface area (Å²) in [6.45, 7) is 2.48. The molecule has 0 saturated carbocycles. The van der Waals surface area contributed by atoms with Crippen LogP contribution >= 0.6 is 0 Å². The van der Waals surface area contributed by atoms with Crippen molar-refractivity contribution < 1.29 is 44.2 Å². The quantitative estimate of drug-likeness (QED) is 0.256. The predicted octanol–water partition coefficient (Wildman–Crippen LogP) is -1.85. The molecule has 4 heteroatoms. The van der Waals surface area contributed by atoms with Crippen LogP contribution in [0.25, 0.3) is 0 Å². The number of hydrogen-bond acceptors (Lipinski definition) is 3. The van der Waals surface area contributed by atoms with Gasteiger partial charge < -0.3 is 9.84 Å². The van der Waals surface area contributed by atoms with Crippen molar-refractivity contribution in [1.82, 2.24) is 0 Å². The van der Waals surface area contributed by atoms with Crippen molar-refractivity contribution in [1.29, 1.82) is 0 Å². The van der Waals surface area contributed by atoms with E-state index in [1.54, 1.807) is 24.3 Å². The van der Waals surface area contributed by atoms with Crippen LogP contribution in [0, 0.1) is 0 Å². The third kappa shape index (κ3) is 4.51. The summed E-state index contributed by atoms with van der Waals surface area (Å²) in [6, 6.07) is 6.67. The van der Waals surface area contributed by atoms with Crippen LogP contribution in [0.1, 0.15) is 17.3 Å². The van der Waals surface area contributed by atoms with E-state index in [0.717, 1.165) is 11.8 Å². The van der Waals surface area contributed by atoms with Crippen molar-refractivity contribution in [2.24, 2.45) is 0 Å². The zero-order chi connectivity index (χ0) is 10.4. The Morgan fingerprint density at radius 3 is 2.47 bits per heavy atom. The van der Waals surface area contributed by atoms with E-state index >= 15 is 0 Å². The topological polar surface area (TPSA) is 49.4 Å². The Bertz CT molecular complexity index is 330. The summed E-state index contributed by atoms with van der Waals surface area (Å²) < 4.78 is 5.21. The Kier molecular flexibility index (Phi) is 7.13. The third-order valence-electron chi connectivity index (χ3n) is 1.67. The molecule has 1 aromatic carbocycles. The summed E-state index contributed by atoms with van der Waals surface area (Å²) in [5.41, 5.74) is 0.487. The maximum Gasteiger partial charge on any atom is 1.00 e. The smallest absolute Gasteiger partial charge is 0.878 e. The van der Waals surface area contributed by atoms with Gasteiger partial charge in [0.2, 0.25) is 0 Å². The molecule has 1 aromatic rings. The van der Waals surface area contributed by atoms with Gasteiger partial charge >= 0.3 is 29.6 Å². The van der Waals surface area contributed by atoms with Gasteiger partial charge in [-0.3, -0.25) is 4.79 Å². The molecule has 1 rings (SSSR count). The molecule has 0 aliphatic carbocycles. The molecule has 15 heavy (non-hydrogen) atoms. The maximum absolute atomic E-state index is 11.2. The maximum atomic E-state index is 11.2. The Morgan fingerprint density at radius 2 is 2.00 bits per heavy atom. The molecule has 0 N–H and O–H groups in total. The summed E-state index contributed by atoms with van der Waals surface area (Å²) >= 11 is 0. The van der Waals surface area contributed by atoms with Crippen LogP contribution in [0.2, 0.25) is 0 Å². The molecule has 74 valence electrons. The average molecular weight is 214 g/mol. The molecule has 0 aliphatic heterocycles. The molecule has 0 bridgehead atoms. The van der Waals surface area contributed by atoms with Crippen LogP contribution in [0.5, 0.6) is 5.75 Å². The summed E-state index contributed by atoms with van der Waals surface area (Å²) in [5, 5.41) is 10.1. The number of carbonyl (C=O) groups is 1. The Balaban J connectivity index is 0.00000196. The second-order valence-electron chi connectivity index (χ2n) is 2.62. The van der Waals surface area contributed by atoms with Gasteiger partial charge in [-0.15, -0.1) is 6.26 Å². The summed E-state index contributed by atoms with van der Waals surface area (Å²) in [5.74, 6) is 0.429.